The van der Waals surface area contributed by atoms with Crippen LogP contribution < -0.4 is 10.1 Å². The molecule has 1 amide bonds. The summed E-state index contributed by atoms with van der Waals surface area (Å²) in [6, 6.07) is 16.3. The number of nitrogens with zero attached hydrogens (tertiary/aromatic N) is 2. The summed E-state index contributed by atoms with van der Waals surface area (Å²) in [7, 11) is 1.84. The molecular weight excluding hydrogens is 354 g/mol. The molecule has 2 aromatic carbocycles. The van der Waals surface area contributed by atoms with E-state index < -0.39 is 0 Å². The van der Waals surface area contributed by atoms with Gasteiger partial charge in [-0.1, -0.05) is 36.4 Å². The maximum atomic E-state index is 12.4. The first kappa shape index (κ1) is 19.4. The Bertz CT molecular complexity index is 994. The molecule has 0 radical (unpaired) electrons. The summed E-state index contributed by atoms with van der Waals surface area (Å²) < 4.78 is 7.18. The molecule has 3 rings (SSSR count). The fourth-order valence-electron chi connectivity index (χ4n) is 2.97. The molecule has 0 aliphatic carbocycles. The molecule has 6 nitrogen and oxygen atoms in total. The molecule has 1 aromatic heterocycles. The third kappa shape index (κ3) is 4.65. The average Bonchev–Trinajstić information content (AvgIpc) is 2.93. The number of rotatable bonds is 6. The smallest absolute Gasteiger partial charge is 0.315 e. The number of esters is 1. The van der Waals surface area contributed by atoms with Crippen LogP contribution in [0.2, 0.25) is 0 Å². The number of benzene rings is 2. The van der Waals surface area contributed by atoms with Crippen molar-refractivity contribution in [2.45, 2.75) is 26.8 Å². The minimum Gasteiger partial charge on any atom is -0.426 e. The van der Waals surface area contributed by atoms with Crippen LogP contribution in [0.1, 0.15) is 32.9 Å². The van der Waals surface area contributed by atoms with Gasteiger partial charge in [-0.05, 0) is 37.6 Å². The summed E-state index contributed by atoms with van der Waals surface area (Å²) in [6.07, 6.45) is 0.135. The zero-order chi connectivity index (χ0) is 20.1. The van der Waals surface area contributed by atoms with E-state index in [0.29, 0.717) is 17.9 Å². The molecule has 0 saturated heterocycles. The standard InChI is InChI=1S/C22H23N3O3/c1-15-20(16(2)25(3)24-15)13-21(26)28-19-11-7-10-18(12-19)22(27)23-14-17-8-5-4-6-9-17/h4-12H,13-14H2,1-3H3,(H,23,27). The largest absolute Gasteiger partial charge is 0.426 e. The number of hydrogen-bond donors (Lipinski definition) is 1. The molecule has 1 N–H and O–H groups in total. The van der Waals surface area contributed by atoms with Gasteiger partial charge in [-0.3, -0.25) is 14.3 Å². The molecular formula is C22H23N3O3. The summed E-state index contributed by atoms with van der Waals surface area (Å²) in [5.74, 6) is -0.265. The topological polar surface area (TPSA) is 73.2 Å². The van der Waals surface area contributed by atoms with Crippen molar-refractivity contribution in [2.24, 2.45) is 7.05 Å². The zero-order valence-corrected chi connectivity index (χ0v) is 16.2. The van der Waals surface area contributed by atoms with Crippen molar-refractivity contribution in [1.29, 1.82) is 0 Å². The first-order valence-corrected chi connectivity index (χ1v) is 9.06. The van der Waals surface area contributed by atoms with E-state index in [1.54, 1.807) is 28.9 Å². The highest BCUT2D eigenvalue weighted by Gasteiger charge is 2.15. The first-order chi connectivity index (χ1) is 13.4. The van der Waals surface area contributed by atoms with E-state index in [4.69, 9.17) is 4.74 Å². The lowest BCUT2D eigenvalue weighted by Gasteiger charge is -2.08. The number of aryl methyl sites for hydroxylation is 2. The third-order valence-corrected chi connectivity index (χ3v) is 4.60. The van der Waals surface area contributed by atoms with Gasteiger partial charge < -0.3 is 10.1 Å². The number of ether oxygens (including phenoxy) is 1. The predicted octanol–water partition coefficient (Wildman–Crippen LogP) is 3.12. The molecule has 0 aliphatic rings. The Kier molecular flexibility index (Phi) is 5.89. The van der Waals surface area contributed by atoms with E-state index in [2.05, 4.69) is 10.4 Å². The Morgan fingerprint density at radius 3 is 2.50 bits per heavy atom. The average molecular weight is 377 g/mol. The van der Waals surface area contributed by atoms with Crippen LogP contribution in [0.4, 0.5) is 0 Å². The van der Waals surface area contributed by atoms with E-state index in [1.807, 2.05) is 51.2 Å². The number of aromatic nitrogens is 2. The second-order valence-electron chi connectivity index (χ2n) is 6.62. The van der Waals surface area contributed by atoms with Crippen LogP contribution in [-0.4, -0.2) is 21.7 Å². The van der Waals surface area contributed by atoms with E-state index in [9.17, 15) is 9.59 Å². The van der Waals surface area contributed by atoms with Gasteiger partial charge in [0, 0.05) is 30.4 Å². The fraction of sp³-hybridized carbons (Fsp3) is 0.227. The Balaban J connectivity index is 1.62. The minimum absolute atomic E-state index is 0.135. The molecule has 0 atom stereocenters. The second-order valence-corrected chi connectivity index (χ2v) is 6.62. The quantitative estimate of drug-likeness (QED) is 0.529. The van der Waals surface area contributed by atoms with Crippen molar-refractivity contribution >= 4 is 11.9 Å². The Morgan fingerprint density at radius 1 is 1.07 bits per heavy atom. The van der Waals surface area contributed by atoms with E-state index in [0.717, 1.165) is 22.5 Å². The highest BCUT2D eigenvalue weighted by Crippen LogP contribution is 2.17. The second kappa shape index (κ2) is 8.52. The minimum atomic E-state index is -0.388. The molecule has 0 spiro atoms. The van der Waals surface area contributed by atoms with Gasteiger partial charge >= 0.3 is 5.97 Å². The molecule has 0 saturated carbocycles. The summed E-state index contributed by atoms with van der Waals surface area (Å²) >= 11 is 0. The predicted molar refractivity (Wildman–Crippen MR) is 106 cm³/mol. The van der Waals surface area contributed by atoms with Gasteiger partial charge in [0.1, 0.15) is 5.75 Å². The van der Waals surface area contributed by atoms with Gasteiger partial charge in [0.15, 0.2) is 0 Å². The van der Waals surface area contributed by atoms with Crippen molar-refractivity contribution in [3.63, 3.8) is 0 Å². The molecule has 0 bridgehead atoms. The Morgan fingerprint density at radius 2 is 1.82 bits per heavy atom. The van der Waals surface area contributed by atoms with Crippen LogP contribution in [0.3, 0.4) is 0 Å². The van der Waals surface area contributed by atoms with Crippen LogP contribution >= 0.6 is 0 Å². The SMILES string of the molecule is Cc1nn(C)c(C)c1CC(=O)Oc1cccc(C(=O)NCc2ccccc2)c1. The van der Waals surface area contributed by atoms with E-state index >= 15 is 0 Å². The van der Waals surface area contributed by atoms with Gasteiger partial charge in [0.25, 0.3) is 5.91 Å². The molecule has 28 heavy (non-hydrogen) atoms. The summed E-state index contributed by atoms with van der Waals surface area (Å²) in [5, 5.41) is 7.17. The summed E-state index contributed by atoms with van der Waals surface area (Å²) in [4.78, 5) is 24.7. The highest BCUT2D eigenvalue weighted by molar-refractivity contribution is 5.94. The van der Waals surface area contributed by atoms with Crippen molar-refractivity contribution < 1.29 is 14.3 Å². The van der Waals surface area contributed by atoms with Gasteiger partial charge in [-0.15, -0.1) is 0 Å². The van der Waals surface area contributed by atoms with Crippen LogP contribution in [0.5, 0.6) is 5.75 Å². The van der Waals surface area contributed by atoms with Gasteiger partial charge in [0.05, 0.1) is 12.1 Å². The lowest BCUT2D eigenvalue weighted by atomic mass is 10.1. The van der Waals surface area contributed by atoms with Gasteiger partial charge in [-0.2, -0.15) is 5.10 Å². The molecule has 0 fully saturated rings. The summed E-state index contributed by atoms with van der Waals surface area (Å²) in [6.45, 7) is 4.22. The van der Waals surface area contributed by atoms with Gasteiger partial charge in [-0.25, -0.2) is 0 Å². The van der Waals surface area contributed by atoms with Crippen molar-refractivity contribution in [3.8, 4) is 5.75 Å². The Labute approximate surface area is 164 Å². The van der Waals surface area contributed by atoms with E-state index in [1.165, 1.54) is 0 Å². The molecule has 1 heterocycles. The van der Waals surface area contributed by atoms with E-state index in [-0.39, 0.29) is 18.3 Å². The van der Waals surface area contributed by atoms with Crippen LogP contribution in [-0.2, 0) is 24.8 Å². The molecule has 0 aliphatic heterocycles. The number of carbonyl (C=O) groups excluding carboxylic acids is 2. The number of hydrogen-bond acceptors (Lipinski definition) is 4. The monoisotopic (exact) mass is 377 g/mol. The van der Waals surface area contributed by atoms with Gasteiger partial charge in [0.2, 0.25) is 0 Å². The highest BCUT2D eigenvalue weighted by atomic mass is 16.5. The summed E-state index contributed by atoms with van der Waals surface area (Å²) in [5.41, 5.74) is 4.06. The third-order valence-electron chi connectivity index (χ3n) is 4.60. The van der Waals surface area contributed by atoms with Crippen molar-refractivity contribution in [2.75, 3.05) is 0 Å². The maximum absolute atomic E-state index is 12.4. The Hall–Kier alpha value is -3.41. The zero-order valence-electron chi connectivity index (χ0n) is 16.2. The van der Waals surface area contributed by atoms with Crippen molar-refractivity contribution in [1.82, 2.24) is 15.1 Å². The number of nitrogens with one attached hydrogen (secondary N) is 1. The lowest BCUT2D eigenvalue weighted by Crippen LogP contribution is -2.22. The van der Waals surface area contributed by atoms with Crippen LogP contribution in [0.15, 0.2) is 54.6 Å². The molecule has 144 valence electrons. The van der Waals surface area contributed by atoms with Crippen LogP contribution in [0, 0.1) is 13.8 Å². The normalized spacial score (nSPS) is 10.5. The molecule has 3 aromatic rings. The number of amides is 1. The molecule has 6 heteroatoms. The van der Waals surface area contributed by atoms with Crippen LogP contribution in [0.25, 0.3) is 0 Å². The lowest BCUT2D eigenvalue weighted by molar-refractivity contribution is -0.133. The first-order valence-electron chi connectivity index (χ1n) is 9.06. The maximum Gasteiger partial charge on any atom is 0.315 e. The fourth-order valence-corrected chi connectivity index (χ4v) is 2.97. The number of carbonyl (C=O) groups is 2. The molecule has 0 unspecified atom stereocenters. The van der Waals surface area contributed by atoms with Crippen molar-refractivity contribution in [3.05, 3.63) is 82.7 Å².